The molecule has 1 amide bonds. The summed E-state index contributed by atoms with van der Waals surface area (Å²) in [5, 5.41) is 3.08. The predicted molar refractivity (Wildman–Crippen MR) is 101 cm³/mol. The summed E-state index contributed by atoms with van der Waals surface area (Å²) in [5.41, 5.74) is 11.6. The lowest BCUT2D eigenvalue weighted by atomic mass is 10.1. The predicted octanol–water partition coefficient (Wildman–Crippen LogP) is 1.55. The molecule has 0 radical (unpaired) electrons. The molecule has 0 aliphatic heterocycles. The normalized spacial score (nSPS) is 12.7. The number of carbonyl (C=O) groups excluding carboxylic acids is 1. The number of allylic oxidation sites excluding steroid dienone is 2. The summed E-state index contributed by atoms with van der Waals surface area (Å²) in [6, 6.07) is 4.32. The lowest BCUT2D eigenvalue weighted by Gasteiger charge is -2.13. The quantitative estimate of drug-likeness (QED) is 0.368. The third kappa shape index (κ3) is 3.97. The number of H-pyrrole nitrogens is 1. The van der Waals surface area contributed by atoms with E-state index in [1.165, 1.54) is 19.2 Å². The maximum Gasteiger partial charge on any atom is 0.261 e. The van der Waals surface area contributed by atoms with Crippen molar-refractivity contribution in [2.45, 2.75) is 13.3 Å². The molecule has 2 aromatic rings. The summed E-state index contributed by atoms with van der Waals surface area (Å²) in [6.07, 6.45) is 4.99. The fourth-order valence-electron chi connectivity index (χ4n) is 2.45. The van der Waals surface area contributed by atoms with Gasteiger partial charge in [-0.3, -0.25) is 14.6 Å². The monoisotopic (exact) mass is 357 g/mol. The minimum atomic E-state index is -0.541. The summed E-state index contributed by atoms with van der Waals surface area (Å²) in [4.78, 5) is 30.0. The van der Waals surface area contributed by atoms with Crippen LogP contribution in [-0.4, -0.2) is 23.8 Å². The highest BCUT2D eigenvalue weighted by Crippen LogP contribution is 2.23. The van der Waals surface area contributed by atoms with Crippen LogP contribution >= 0.6 is 0 Å². The molecule has 0 atom stereocenters. The van der Waals surface area contributed by atoms with Gasteiger partial charge in [-0.25, -0.2) is 4.39 Å². The minimum Gasteiger partial charge on any atom is -0.397 e. The van der Waals surface area contributed by atoms with Crippen molar-refractivity contribution in [2.75, 3.05) is 12.8 Å². The Morgan fingerprint density at radius 2 is 2.15 bits per heavy atom. The zero-order chi connectivity index (χ0) is 19.3. The summed E-state index contributed by atoms with van der Waals surface area (Å²) in [6.45, 7) is 1.76. The van der Waals surface area contributed by atoms with Crippen LogP contribution in [0.15, 0.2) is 51.9 Å². The highest BCUT2D eigenvalue weighted by atomic mass is 19.1. The molecule has 6 N–H and O–H groups in total. The molecule has 0 aliphatic carbocycles. The fourth-order valence-corrected chi connectivity index (χ4v) is 2.45. The van der Waals surface area contributed by atoms with E-state index in [0.29, 0.717) is 11.2 Å². The Hall–Kier alpha value is -3.42. The number of nitrogens with two attached hydrogens (primary N) is 2. The van der Waals surface area contributed by atoms with E-state index in [9.17, 15) is 14.0 Å². The molecule has 0 bridgehead atoms. The van der Waals surface area contributed by atoms with Gasteiger partial charge in [-0.15, -0.1) is 0 Å². The van der Waals surface area contributed by atoms with Crippen LogP contribution in [0.1, 0.15) is 18.9 Å². The number of pyridine rings is 1. The molecule has 7 nitrogen and oxygen atoms in total. The van der Waals surface area contributed by atoms with Crippen molar-refractivity contribution in [1.82, 2.24) is 10.3 Å². The Morgan fingerprint density at radius 3 is 2.77 bits per heavy atom. The van der Waals surface area contributed by atoms with E-state index in [-0.39, 0.29) is 28.9 Å². The van der Waals surface area contributed by atoms with Crippen molar-refractivity contribution in [3.63, 3.8) is 0 Å². The number of fused-ring (bicyclic) bond motifs is 1. The molecule has 2 rings (SSSR count). The topological polar surface area (TPSA) is 126 Å². The molecule has 26 heavy (non-hydrogen) atoms. The fraction of sp³-hybridized carbons (Fsp3) is 0.167. The van der Waals surface area contributed by atoms with Crippen LogP contribution in [0.25, 0.3) is 10.9 Å². The zero-order valence-corrected chi connectivity index (χ0v) is 14.5. The number of primary amides is 1. The number of amides is 1. The van der Waals surface area contributed by atoms with E-state index in [1.807, 2.05) is 0 Å². The number of benzene rings is 1. The summed E-state index contributed by atoms with van der Waals surface area (Å²) in [5.74, 6) is -0.835. The first-order valence-electron chi connectivity index (χ1n) is 7.84. The number of nitrogens with zero attached hydrogens (tertiary/aromatic N) is 1. The van der Waals surface area contributed by atoms with Crippen molar-refractivity contribution in [3.05, 3.63) is 63.9 Å². The number of aromatic nitrogens is 1. The number of hydrogen-bond donors (Lipinski definition) is 4. The van der Waals surface area contributed by atoms with E-state index in [0.717, 1.165) is 0 Å². The number of aliphatic imine (C=N–C) groups is 1. The third-order valence-electron chi connectivity index (χ3n) is 3.68. The molecule has 0 saturated heterocycles. The molecule has 1 aromatic carbocycles. The van der Waals surface area contributed by atoms with Crippen molar-refractivity contribution in [3.8, 4) is 0 Å². The molecule has 0 spiro atoms. The lowest BCUT2D eigenvalue weighted by Crippen LogP contribution is -2.31. The number of amidine groups is 1. The summed E-state index contributed by atoms with van der Waals surface area (Å²) < 4.78 is 14.2. The third-order valence-corrected chi connectivity index (χ3v) is 3.68. The Bertz CT molecular complexity index is 989. The molecule has 8 heteroatoms. The van der Waals surface area contributed by atoms with Crippen LogP contribution in [0.2, 0.25) is 0 Å². The summed E-state index contributed by atoms with van der Waals surface area (Å²) in [7, 11) is 1.48. The average molecular weight is 357 g/mol. The van der Waals surface area contributed by atoms with E-state index in [4.69, 9.17) is 11.5 Å². The molecular formula is C18H20FN5O2. The molecule has 1 heterocycles. The maximum atomic E-state index is 14.2. The number of nitrogens with one attached hydrogen (secondary N) is 2. The van der Waals surface area contributed by atoms with Crippen LogP contribution in [0.4, 0.5) is 10.1 Å². The van der Waals surface area contributed by atoms with Gasteiger partial charge in [0.15, 0.2) is 0 Å². The summed E-state index contributed by atoms with van der Waals surface area (Å²) >= 11 is 0. The number of rotatable bonds is 5. The second kappa shape index (κ2) is 8.11. The van der Waals surface area contributed by atoms with Gasteiger partial charge in [0.05, 0.1) is 16.6 Å². The van der Waals surface area contributed by atoms with Crippen LogP contribution in [0.5, 0.6) is 0 Å². The van der Waals surface area contributed by atoms with Gasteiger partial charge in [0.1, 0.15) is 17.2 Å². The van der Waals surface area contributed by atoms with Gasteiger partial charge in [0.25, 0.3) is 5.56 Å². The first-order chi connectivity index (χ1) is 12.4. The number of aromatic amines is 1. The van der Waals surface area contributed by atoms with Crippen molar-refractivity contribution < 1.29 is 9.18 Å². The van der Waals surface area contributed by atoms with Gasteiger partial charge in [0.2, 0.25) is 5.91 Å². The van der Waals surface area contributed by atoms with Gasteiger partial charge in [-0.1, -0.05) is 18.2 Å². The number of hydrogen-bond acceptors (Lipinski definition) is 4. The standard InChI is InChI=1S/C18H20FN5O2/c1-3-10(6-4-9-13(20)25)23-17(22-2)15-16(21)14-11(19)7-5-8-12(14)24-18(15)26/h3-8H,9H2,1-2H3,(H2,20,25)(H,22,23)(H3,21,24,26)/b6-4-,10-3+. The van der Waals surface area contributed by atoms with Gasteiger partial charge in [-0.2, -0.15) is 0 Å². The Kier molecular flexibility index (Phi) is 5.90. The van der Waals surface area contributed by atoms with E-state index in [1.54, 1.807) is 31.2 Å². The Labute approximate surface area is 149 Å². The largest absolute Gasteiger partial charge is 0.397 e. The smallest absolute Gasteiger partial charge is 0.261 e. The molecular weight excluding hydrogens is 337 g/mol. The van der Waals surface area contributed by atoms with E-state index >= 15 is 0 Å². The van der Waals surface area contributed by atoms with E-state index in [2.05, 4.69) is 15.3 Å². The van der Waals surface area contributed by atoms with Crippen molar-refractivity contribution in [2.24, 2.45) is 10.7 Å². The second-order valence-electron chi connectivity index (χ2n) is 5.42. The van der Waals surface area contributed by atoms with Crippen LogP contribution in [0.3, 0.4) is 0 Å². The number of nitrogen functional groups attached to an aromatic ring is 1. The average Bonchev–Trinajstić information content (AvgIpc) is 2.58. The highest BCUT2D eigenvalue weighted by Gasteiger charge is 2.18. The van der Waals surface area contributed by atoms with Crippen LogP contribution in [-0.2, 0) is 4.79 Å². The molecule has 1 aromatic heterocycles. The molecule has 0 aliphatic rings. The SMILES string of the molecule is C/C=C(\C=C/CC(N)=O)NC(=NC)c1c(N)c2c(F)cccc2[nH]c1=O. The molecule has 0 fully saturated rings. The van der Waals surface area contributed by atoms with Gasteiger partial charge < -0.3 is 21.8 Å². The van der Waals surface area contributed by atoms with Gasteiger partial charge in [-0.05, 0) is 25.1 Å². The lowest BCUT2D eigenvalue weighted by molar-refractivity contribution is -0.117. The zero-order valence-electron chi connectivity index (χ0n) is 14.5. The molecule has 136 valence electrons. The minimum absolute atomic E-state index is 0.00785. The molecule has 0 saturated carbocycles. The first kappa shape index (κ1) is 18.9. The van der Waals surface area contributed by atoms with Crippen LogP contribution in [0, 0.1) is 5.82 Å². The maximum absolute atomic E-state index is 14.2. The van der Waals surface area contributed by atoms with Crippen LogP contribution < -0.4 is 22.3 Å². The molecule has 0 unspecified atom stereocenters. The first-order valence-corrected chi connectivity index (χ1v) is 7.84. The van der Waals surface area contributed by atoms with Crippen molar-refractivity contribution >= 4 is 28.3 Å². The number of carbonyl (C=O) groups is 1. The van der Waals surface area contributed by atoms with Crippen molar-refractivity contribution in [1.29, 1.82) is 0 Å². The second-order valence-corrected chi connectivity index (χ2v) is 5.42. The van der Waals surface area contributed by atoms with E-state index < -0.39 is 17.3 Å². The number of anilines is 1. The Balaban J connectivity index is 2.48. The van der Waals surface area contributed by atoms with Gasteiger partial charge >= 0.3 is 0 Å². The van der Waals surface area contributed by atoms with Gasteiger partial charge in [0, 0.05) is 19.2 Å². The Morgan fingerprint density at radius 1 is 1.42 bits per heavy atom. The highest BCUT2D eigenvalue weighted by molar-refractivity contribution is 6.09. The number of halogens is 1.